The Morgan fingerprint density at radius 1 is 1.29 bits per heavy atom. The highest BCUT2D eigenvalue weighted by Gasteiger charge is 2.22. The number of carbonyl (C=O) groups excluding carboxylic acids is 2. The van der Waals surface area contributed by atoms with E-state index in [0.29, 0.717) is 11.3 Å². The lowest BCUT2D eigenvalue weighted by Gasteiger charge is -2.25. The molecule has 0 spiro atoms. The minimum atomic E-state index is -0.619. The van der Waals surface area contributed by atoms with Crippen LogP contribution < -0.4 is 0 Å². The summed E-state index contributed by atoms with van der Waals surface area (Å²) in [6.07, 6.45) is 1.97. The van der Waals surface area contributed by atoms with E-state index in [1.54, 1.807) is 0 Å². The van der Waals surface area contributed by atoms with Crippen LogP contribution in [0.5, 0.6) is 0 Å². The van der Waals surface area contributed by atoms with Gasteiger partial charge in [0.25, 0.3) is 5.24 Å². The number of carbonyl (C=O) groups is 2. The topological polar surface area (TPSA) is 34.1 Å². The van der Waals surface area contributed by atoms with Gasteiger partial charge in [-0.25, -0.2) is 10.9 Å². The van der Waals surface area contributed by atoms with Crippen LogP contribution in [0, 0.1) is 0 Å². The first-order valence-electron chi connectivity index (χ1n) is 5.40. The van der Waals surface area contributed by atoms with Gasteiger partial charge in [-0.3, -0.25) is 9.59 Å². The zero-order chi connectivity index (χ0) is 12.3. The van der Waals surface area contributed by atoms with Crippen LogP contribution in [0.3, 0.4) is 0 Å². The Hall–Kier alpha value is -1.06. The highest BCUT2D eigenvalue weighted by molar-refractivity contribution is 8.20. The molecular weight excluding hydrogens is 256 g/mol. The number of hydrogen-bond donors (Lipinski definition) is 1. The number of allylic oxidation sites excluding steroid dienone is 2. The zero-order valence-electron chi connectivity index (χ0n) is 9.23. The zero-order valence-corrected chi connectivity index (χ0v) is 10.9. The van der Waals surface area contributed by atoms with Crippen molar-refractivity contribution in [1.82, 2.24) is 0 Å². The fourth-order valence-electron chi connectivity index (χ4n) is 1.83. The Bertz CT molecular complexity index is 468. The first kappa shape index (κ1) is 12.4. The third-order valence-corrected chi connectivity index (χ3v) is 5.54. The largest absolute Gasteiger partial charge is 0.295 e. The Morgan fingerprint density at radius 3 is 2.65 bits per heavy atom. The van der Waals surface area contributed by atoms with Crippen molar-refractivity contribution in [1.29, 1.82) is 0 Å². The standard InChI is InChI=1S/C13H13ClO2S/c14-13(16)12-8-11(15)6-7-17(12)9-10-4-2-1-3-5-10/h1-5,8,17H,6-7,9H2. The average Bonchev–Trinajstić information content (AvgIpc) is 2.32. The molecule has 0 N–H and O–H groups in total. The van der Waals surface area contributed by atoms with Crippen molar-refractivity contribution in [2.75, 3.05) is 5.75 Å². The van der Waals surface area contributed by atoms with Crippen LogP contribution in [0.15, 0.2) is 41.3 Å². The molecule has 1 atom stereocenters. The van der Waals surface area contributed by atoms with Crippen LogP contribution in [0.25, 0.3) is 0 Å². The molecule has 0 bridgehead atoms. The van der Waals surface area contributed by atoms with Crippen molar-refractivity contribution < 1.29 is 9.59 Å². The van der Waals surface area contributed by atoms with Gasteiger partial charge < -0.3 is 0 Å². The Kier molecular flexibility index (Phi) is 4.02. The van der Waals surface area contributed by atoms with Gasteiger partial charge in [0.2, 0.25) is 0 Å². The number of ketones is 1. The molecule has 0 aromatic heterocycles. The van der Waals surface area contributed by atoms with Crippen molar-refractivity contribution in [3.8, 4) is 0 Å². The van der Waals surface area contributed by atoms with Gasteiger partial charge in [0.1, 0.15) is 0 Å². The minimum absolute atomic E-state index is 0.0146. The molecule has 2 rings (SSSR count). The van der Waals surface area contributed by atoms with E-state index in [2.05, 4.69) is 0 Å². The third kappa shape index (κ3) is 3.20. The summed E-state index contributed by atoms with van der Waals surface area (Å²) in [6.45, 7) is 0. The maximum Gasteiger partial charge on any atom is 0.257 e. The summed E-state index contributed by atoms with van der Waals surface area (Å²) in [5.41, 5.74) is 1.19. The molecular formula is C13H13ClO2S. The Balaban J connectivity index is 2.18. The molecule has 2 nitrogen and oxygen atoms in total. The van der Waals surface area contributed by atoms with Crippen molar-refractivity contribution >= 4 is 33.5 Å². The van der Waals surface area contributed by atoms with E-state index in [1.807, 2.05) is 30.3 Å². The molecule has 90 valence electrons. The highest BCUT2D eigenvalue weighted by Crippen LogP contribution is 2.43. The summed E-state index contributed by atoms with van der Waals surface area (Å²) >= 11 is 5.54. The number of benzene rings is 1. The molecule has 0 fully saturated rings. The smallest absolute Gasteiger partial charge is 0.257 e. The number of hydrogen-bond acceptors (Lipinski definition) is 2. The van der Waals surface area contributed by atoms with Crippen molar-refractivity contribution in [2.45, 2.75) is 12.2 Å². The maximum absolute atomic E-state index is 11.3. The molecule has 0 saturated carbocycles. The van der Waals surface area contributed by atoms with E-state index < -0.39 is 16.1 Å². The average molecular weight is 269 g/mol. The molecule has 17 heavy (non-hydrogen) atoms. The molecule has 1 aliphatic heterocycles. The third-order valence-electron chi connectivity index (χ3n) is 2.68. The summed E-state index contributed by atoms with van der Waals surface area (Å²) < 4.78 is 0. The van der Waals surface area contributed by atoms with Crippen LogP contribution in [-0.4, -0.2) is 16.8 Å². The predicted octanol–water partition coefficient (Wildman–Crippen LogP) is 2.81. The van der Waals surface area contributed by atoms with Gasteiger partial charge in [0.05, 0.1) is 4.91 Å². The van der Waals surface area contributed by atoms with E-state index in [4.69, 9.17) is 11.6 Å². The van der Waals surface area contributed by atoms with Gasteiger partial charge in [-0.1, -0.05) is 30.3 Å². The van der Waals surface area contributed by atoms with Crippen LogP contribution in [-0.2, 0) is 15.3 Å². The minimum Gasteiger partial charge on any atom is -0.295 e. The van der Waals surface area contributed by atoms with Crippen molar-refractivity contribution in [2.24, 2.45) is 0 Å². The van der Waals surface area contributed by atoms with Gasteiger partial charge in [-0.05, 0) is 29.0 Å². The van der Waals surface area contributed by atoms with Crippen molar-refractivity contribution in [3.05, 3.63) is 46.9 Å². The summed E-state index contributed by atoms with van der Waals surface area (Å²) in [5.74, 6) is 1.61. The fourth-order valence-corrected chi connectivity index (χ4v) is 4.53. The summed E-state index contributed by atoms with van der Waals surface area (Å²) in [4.78, 5) is 23.1. The second-order valence-electron chi connectivity index (χ2n) is 3.93. The molecule has 1 aromatic rings. The SMILES string of the molecule is O=C1C=C(C(=O)Cl)[SH](Cc2ccccc2)CC1. The second kappa shape index (κ2) is 5.52. The molecule has 0 saturated heterocycles. The molecule has 0 radical (unpaired) electrons. The van der Waals surface area contributed by atoms with Gasteiger partial charge in [0, 0.05) is 12.2 Å². The number of halogens is 1. The van der Waals surface area contributed by atoms with Crippen LogP contribution in [0.1, 0.15) is 12.0 Å². The first-order valence-corrected chi connectivity index (χ1v) is 7.49. The molecule has 1 aromatic carbocycles. The van der Waals surface area contributed by atoms with E-state index in [9.17, 15) is 9.59 Å². The molecule has 1 aliphatic rings. The predicted molar refractivity (Wildman–Crippen MR) is 72.6 cm³/mol. The monoisotopic (exact) mass is 268 g/mol. The molecule has 1 heterocycles. The quantitative estimate of drug-likeness (QED) is 0.676. The second-order valence-corrected chi connectivity index (χ2v) is 6.59. The van der Waals surface area contributed by atoms with Crippen LogP contribution >= 0.6 is 22.5 Å². The Morgan fingerprint density at radius 2 is 2.00 bits per heavy atom. The van der Waals surface area contributed by atoms with Gasteiger partial charge >= 0.3 is 0 Å². The molecule has 1 unspecified atom stereocenters. The van der Waals surface area contributed by atoms with Crippen LogP contribution in [0.4, 0.5) is 0 Å². The van der Waals surface area contributed by atoms with Gasteiger partial charge in [-0.15, -0.1) is 0 Å². The lowest BCUT2D eigenvalue weighted by molar-refractivity contribution is -0.115. The van der Waals surface area contributed by atoms with E-state index in [1.165, 1.54) is 11.6 Å². The van der Waals surface area contributed by atoms with Crippen molar-refractivity contribution in [3.63, 3.8) is 0 Å². The number of rotatable bonds is 3. The maximum atomic E-state index is 11.3. The summed E-state index contributed by atoms with van der Waals surface area (Å²) in [7, 11) is -0.619. The van der Waals surface area contributed by atoms with E-state index in [0.717, 1.165) is 11.5 Å². The van der Waals surface area contributed by atoms with Gasteiger partial charge in [-0.2, -0.15) is 0 Å². The summed E-state index contributed by atoms with van der Waals surface area (Å²) in [5, 5.41) is -0.472. The van der Waals surface area contributed by atoms with E-state index in [-0.39, 0.29) is 5.78 Å². The lowest BCUT2D eigenvalue weighted by Crippen LogP contribution is -2.12. The van der Waals surface area contributed by atoms with Gasteiger partial charge in [0.15, 0.2) is 5.78 Å². The van der Waals surface area contributed by atoms with Crippen LogP contribution in [0.2, 0.25) is 0 Å². The first-order chi connectivity index (χ1) is 8.16. The Labute approximate surface area is 108 Å². The molecule has 4 heteroatoms. The molecule has 0 aliphatic carbocycles. The lowest BCUT2D eigenvalue weighted by atomic mass is 10.2. The highest BCUT2D eigenvalue weighted by atomic mass is 35.5. The van der Waals surface area contributed by atoms with E-state index >= 15 is 0 Å². The number of thiol groups is 1. The fraction of sp³-hybridized carbons (Fsp3) is 0.231. The normalized spacial score (nSPS) is 22.1. The summed E-state index contributed by atoms with van der Waals surface area (Å²) in [6, 6.07) is 9.99. The molecule has 0 amide bonds.